The Morgan fingerprint density at radius 2 is 1.65 bits per heavy atom. The quantitative estimate of drug-likeness (QED) is 0.664. The van der Waals surface area contributed by atoms with Crippen LogP contribution in [0.5, 0.6) is 5.75 Å². The number of nitrogens with two attached hydrogens (primary N) is 1. The highest BCUT2D eigenvalue weighted by molar-refractivity contribution is 7.48. The molecular formula is C13H12NO5P. The maximum atomic E-state index is 11.7. The molecular weight excluding hydrogens is 281 g/mol. The van der Waals surface area contributed by atoms with Crippen molar-refractivity contribution in [1.82, 2.24) is 0 Å². The van der Waals surface area contributed by atoms with Crippen molar-refractivity contribution in [2.75, 3.05) is 5.73 Å². The zero-order valence-corrected chi connectivity index (χ0v) is 11.2. The molecule has 0 aliphatic heterocycles. The van der Waals surface area contributed by atoms with Crippen molar-refractivity contribution >= 4 is 19.5 Å². The minimum atomic E-state index is -4.53. The highest BCUT2D eigenvalue weighted by atomic mass is 31.2. The van der Waals surface area contributed by atoms with E-state index in [1.54, 1.807) is 18.2 Å². The smallest absolute Gasteiger partial charge is 0.399 e. The number of anilines is 1. The van der Waals surface area contributed by atoms with E-state index in [9.17, 15) is 14.3 Å². The normalized spacial score (nSPS) is 13.2. The summed E-state index contributed by atoms with van der Waals surface area (Å²) in [7, 11) is -4.53. The fourth-order valence-corrected chi connectivity index (χ4v) is 2.15. The number of phosphoric acid groups is 1. The summed E-state index contributed by atoms with van der Waals surface area (Å²) in [5.74, 6) is -0.838. The minimum absolute atomic E-state index is 0.102. The van der Waals surface area contributed by atoms with E-state index in [4.69, 9.17) is 10.3 Å². The standard InChI is InChI=1S/C13H12NO5P/c14-11-8-6-10(7-9-11)13(15)19-20(16,17)18-12-4-2-1-3-5-12/h1-9H,14H2,(H,16,17). The predicted octanol–water partition coefficient (Wildman–Crippen LogP) is 2.61. The molecule has 0 radical (unpaired) electrons. The number of hydrogen-bond acceptors (Lipinski definition) is 5. The third kappa shape index (κ3) is 3.85. The maximum absolute atomic E-state index is 11.7. The van der Waals surface area contributed by atoms with E-state index in [1.165, 1.54) is 36.4 Å². The molecule has 7 heteroatoms. The molecule has 6 nitrogen and oxygen atoms in total. The van der Waals surface area contributed by atoms with Crippen LogP contribution >= 0.6 is 7.82 Å². The Labute approximate surface area is 115 Å². The fourth-order valence-electron chi connectivity index (χ4n) is 1.41. The van der Waals surface area contributed by atoms with Gasteiger partial charge in [-0.25, -0.2) is 9.36 Å². The Kier molecular flexibility index (Phi) is 4.08. The molecule has 2 aromatic rings. The first-order valence-corrected chi connectivity index (χ1v) is 7.13. The van der Waals surface area contributed by atoms with Crippen LogP contribution < -0.4 is 10.3 Å². The van der Waals surface area contributed by atoms with Crippen molar-refractivity contribution < 1.29 is 23.3 Å². The number of para-hydroxylation sites is 1. The Balaban J connectivity index is 2.06. The van der Waals surface area contributed by atoms with Gasteiger partial charge >= 0.3 is 13.8 Å². The van der Waals surface area contributed by atoms with Gasteiger partial charge in [0.2, 0.25) is 0 Å². The molecule has 0 aliphatic carbocycles. The Morgan fingerprint density at radius 1 is 1.05 bits per heavy atom. The third-order valence-electron chi connectivity index (χ3n) is 2.31. The number of benzene rings is 2. The van der Waals surface area contributed by atoms with Crippen LogP contribution in [0.25, 0.3) is 0 Å². The third-order valence-corrected chi connectivity index (χ3v) is 3.15. The molecule has 0 aromatic heterocycles. The molecule has 0 fully saturated rings. The summed E-state index contributed by atoms with van der Waals surface area (Å²) in [6.07, 6.45) is 0. The van der Waals surface area contributed by atoms with Gasteiger partial charge in [0.25, 0.3) is 0 Å². The van der Waals surface area contributed by atoms with Crippen molar-refractivity contribution in [3.63, 3.8) is 0 Å². The number of nitrogen functional groups attached to an aromatic ring is 1. The molecule has 104 valence electrons. The van der Waals surface area contributed by atoms with Crippen LogP contribution in [0.3, 0.4) is 0 Å². The van der Waals surface area contributed by atoms with E-state index < -0.39 is 13.8 Å². The van der Waals surface area contributed by atoms with E-state index in [2.05, 4.69) is 4.52 Å². The van der Waals surface area contributed by atoms with Crippen molar-refractivity contribution in [2.24, 2.45) is 0 Å². The van der Waals surface area contributed by atoms with Gasteiger partial charge in [-0.2, -0.15) is 0 Å². The Morgan fingerprint density at radius 3 is 2.25 bits per heavy atom. The average molecular weight is 293 g/mol. The van der Waals surface area contributed by atoms with Gasteiger partial charge in [0.05, 0.1) is 5.56 Å². The van der Waals surface area contributed by atoms with E-state index >= 15 is 0 Å². The fraction of sp³-hybridized carbons (Fsp3) is 0. The van der Waals surface area contributed by atoms with Crippen molar-refractivity contribution in [1.29, 1.82) is 0 Å². The number of rotatable bonds is 4. The molecule has 0 saturated heterocycles. The molecule has 0 amide bonds. The maximum Gasteiger partial charge on any atom is 0.587 e. The van der Waals surface area contributed by atoms with Gasteiger partial charge in [-0.05, 0) is 36.4 Å². The van der Waals surface area contributed by atoms with Gasteiger partial charge in [-0.3, -0.25) is 4.89 Å². The second kappa shape index (κ2) is 5.77. The van der Waals surface area contributed by atoms with Gasteiger partial charge in [-0.1, -0.05) is 18.2 Å². The van der Waals surface area contributed by atoms with Gasteiger partial charge < -0.3 is 14.8 Å². The monoisotopic (exact) mass is 293 g/mol. The topological polar surface area (TPSA) is 98.9 Å². The van der Waals surface area contributed by atoms with Crippen LogP contribution in [0.15, 0.2) is 54.6 Å². The van der Waals surface area contributed by atoms with Gasteiger partial charge in [0, 0.05) is 5.69 Å². The molecule has 1 atom stereocenters. The lowest BCUT2D eigenvalue weighted by Crippen LogP contribution is -2.06. The van der Waals surface area contributed by atoms with Crippen LogP contribution in [-0.2, 0) is 9.09 Å². The first-order valence-electron chi connectivity index (χ1n) is 5.63. The zero-order valence-electron chi connectivity index (χ0n) is 10.3. The summed E-state index contributed by atoms with van der Waals surface area (Å²) >= 11 is 0. The molecule has 2 aromatic carbocycles. The first-order chi connectivity index (χ1) is 9.46. The van der Waals surface area contributed by atoms with Crippen LogP contribution in [0.2, 0.25) is 0 Å². The summed E-state index contributed by atoms with van der Waals surface area (Å²) in [5.41, 5.74) is 6.04. The van der Waals surface area contributed by atoms with E-state index in [0.717, 1.165) is 0 Å². The molecule has 0 spiro atoms. The van der Waals surface area contributed by atoms with E-state index in [0.29, 0.717) is 5.69 Å². The lowest BCUT2D eigenvalue weighted by molar-refractivity contribution is 0.0683. The molecule has 0 heterocycles. The van der Waals surface area contributed by atoms with Crippen LogP contribution in [0.1, 0.15) is 10.4 Å². The number of carbonyl (C=O) groups is 1. The predicted molar refractivity (Wildman–Crippen MR) is 73.2 cm³/mol. The summed E-state index contributed by atoms with van der Waals surface area (Å²) < 4.78 is 20.9. The molecule has 20 heavy (non-hydrogen) atoms. The van der Waals surface area contributed by atoms with Crippen molar-refractivity contribution in [3.8, 4) is 5.75 Å². The highest BCUT2D eigenvalue weighted by Crippen LogP contribution is 2.44. The lowest BCUT2D eigenvalue weighted by atomic mass is 10.2. The molecule has 1 unspecified atom stereocenters. The molecule has 0 saturated carbocycles. The molecule has 2 rings (SSSR count). The summed E-state index contributed by atoms with van der Waals surface area (Å²) in [6.45, 7) is 0. The summed E-state index contributed by atoms with van der Waals surface area (Å²) in [4.78, 5) is 21.2. The summed E-state index contributed by atoms with van der Waals surface area (Å²) in [5, 5.41) is 0. The van der Waals surface area contributed by atoms with Crippen LogP contribution in [0.4, 0.5) is 5.69 Å². The molecule has 3 N–H and O–H groups in total. The van der Waals surface area contributed by atoms with Crippen molar-refractivity contribution in [3.05, 3.63) is 60.2 Å². The van der Waals surface area contributed by atoms with E-state index in [1.807, 2.05) is 0 Å². The largest absolute Gasteiger partial charge is 0.587 e. The Bertz CT molecular complexity index is 642. The van der Waals surface area contributed by atoms with Crippen molar-refractivity contribution in [2.45, 2.75) is 0 Å². The SMILES string of the molecule is Nc1ccc(C(=O)OP(=O)(O)Oc2ccccc2)cc1. The number of carbonyl (C=O) groups excluding carboxylic acids is 1. The zero-order chi connectivity index (χ0) is 14.6. The minimum Gasteiger partial charge on any atom is -0.399 e. The highest BCUT2D eigenvalue weighted by Gasteiger charge is 2.28. The second-order valence-corrected chi connectivity index (χ2v) is 5.18. The summed E-state index contributed by atoms with van der Waals surface area (Å²) in [6, 6.07) is 13.7. The average Bonchev–Trinajstić information content (AvgIpc) is 2.39. The first kappa shape index (κ1) is 14.1. The molecule has 0 aliphatic rings. The number of phosphoric ester groups is 1. The van der Waals surface area contributed by atoms with Crippen LogP contribution in [-0.4, -0.2) is 10.9 Å². The van der Waals surface area contributed by atoms with Crippen LogP contribution in [0, 0.1) is 0 Å². The second-order valence-electron chi connectivity index (χ2n) is 3.87. The van der Waals surface area contributed by atoms with E-state index in [-0.39, 0.29) is 11.3 Å². The van der Waals surface area contributed by atoms with Gasteiger partial charge in [0.15, 0.2) is 0 Å². The van der Waals surface area contributed by atoms with Gasteiger partial charge in [-0.15, -0.1) is 0 Å². The molecule has 0 bridgehead atoms. The Hall–Kier alpha value is -2.30. The van der Waals surface area contributed by atoms with Gasteiger partial charge in [0.1, 0.15) is 5.75 Å². The number of hydrogen-bond donors (Lipinski definition) is 2. The lowest BCUT2D eigenvalue weighted by Gasteiger charge is -2.12.